The summed E-state index contributed by atoms with van der Waals surface area (Å²) in [5.74, 6) is 1.59. The lowest BCUT2D eigenvalue weighted by molar-refractivity contribution is 0.158. The van der Waals surface area contributed by atoms with E-state index in [0.717, 1.165) is 31.1 Å². The van der Waals surface area contributed by atoms with Gasteiger partial charge in [-0.25, -0.2) is 0 Å². The van der Waals surface area contributed by atoms with Gasteiger partial charge in [0.05, 0.1) is 14.2 Å². The fourth-order valence-electron chi connectivity index (χ4n) is 2.64. The summed E-state index contributed by atoms with van der Waals surface area (Å²) in [5.41, 5.74) is 1.27. The summed E-state index contributed by atoms with van der Waals surface area (Å²) in [7, 11) is 3.35. The third-order valence-corrected chi connectivity index (χ3v) is 3.84. The molecule has 106 valence electrons. The number of hydrogen-bond donors (Lipinski definition) is 1. The molecule has 19 heavy (non-hydrogen) atoms. The van der Waals surface area contributed by atoms with Crippen molar-refractivity contribution < 1.29 is 9.47 Å². The lowest BCUT2D eigenvalue weighted by atomic mass is 10.0. The van der Waals surface area contributed by atoms with Crippen molar-refractivity contribution in [2.45, 2.75) is 25.9 Å². The summed E-state index contributed by atoms with van der Waals surface area (Å²) in [4.78, 5) is 2.50. The highest BCUT2D eigenvalue weighted by Crippen LogP contribution is 2.31. The molecule has 1 heterocycles. The molecule has 0 spiro atoms. The van der Waals surface area contributed by atoms with Gasteiger partial charge in [0.25, 0.3) is 0 Å². The van der Waals surface area contributed by atoms with E-state index in [1.807, 2.05) is 6.07 Å². The molecule has 0 radical (unpaired) electrons. The number of nitrogens with one attached hydrogen (secondary N) is 1. The van der Waals surface area contributed by atoms with Gasteiger partial charge < -0.3 is 14.8 Å². The van der Waals surface area contributed by atoms with Gasteiger partial charge in [-0.15, -0.1) is 0 Å². The molecule has 1 aromatic carbocycles. The van der Waals surface area contributed by atoms with Crippen LogP contribution in [0.1, 0.15) is 25.5 Å². The predicted molar refractivity (Wildman–Crippen MR) is 77.0 cm³/mol. The maximum Gasteiger partial charge on any atom is 0.161 e. The van der Waals surface area contributed by atoms with E-state index in [1.54, 1.807) is 14.2 Å². The number of nitrogens with zero attached hydrogens (tertiary/aromatic N) is 1. The van der Waals surface area contributed by atoms with Gasteiger partial charge in [-0.1, -0.05) is 6.07 Å². The zero-order valence-corrected chi connectivity index (χ0v) is 12.3. The van der Waals surface area contributed by atoms with Gasteiger partial charge in [0.2, 0.25) is 0 Å². The highest BCUT2D eigenvalue weighted by molar-refractivity contribution is 5.43. The molecule has 2 atom stereocenters. The minimum Gasteiger partial charge on any atom is -0.493 e. The van der Waals surface area contributed by atoms with Crippen LogP contribution in [0.15, 0.2) is 18.2 Å². The zero-order chi connectivity index (χ0) is 13.8. The molecule has 1 saturated heterocycles. The van der Waals surface area contributed by atoms with Crippen LogP contribution in [0, 0.1) is 0 Å². The molecule has 1 N–H and O–H groups in total. The van der Waals surface area contributed by atoms with E-state index in [9.17, 15) is 0 Å². The van der Waals surface area contributed by atoms with Gasteiger partial charge in [0, 0.05) is 31.7 Å². The van der Waals surface area contributed by atoms with E-state index in [-0.39, 0.29) is 0 Å². The summed E-state index contributed by atoms with van der Waals surface area (Å²) in [6, 6.07) is 7.13. The van der Waals surface area contributed by atoms with Crippen LogP contribution in [0.2, 0.25) is 0 Å². The molecule has 0 saturated carbocycles. The number of benzene rings is 1. The number of methoxy groups -OCH3 is 2. The Balaban J connectivity index is 2.16. The molecule has 1 aliphatic rings. The summed E-state index contributed by atoms with van der Waals surface area (Å²) in [5, 5.41) is 3.47. The summed E-state index contributed by atoms with van der Waals surface area (Å²) >= 11 is 0. The first-order valence-electron chi connectivity index (χ1n) is 6.85. The molecule has 2 rings (SSSR count). The van der Waals surface area contributed by atoms with Crippen molar-refractivity contribution in [2.75, 3.05) is 33.9 Å². The molecular formula is C15H24N2O2. The van der Waals surface area contributed by atoms with E-state index < -0.39 is 0 Å². The maximum atomic E-state index is 5.38. The monoisotopic (exact) mass is 264 g/mol. The molecular weight excluding hydrogens is 240 g/mol. The lowest BCUT2D eigenvalue weighted by Crippen LogP contribution is -2.49. The molecule has 0 bridgehead atoms. The minimum absolute atomic E-state index is 0.393. The number of piperazine rings is 1. The first kappa shape index (κ1) is 14.2. The molecule has 1 aromatic rings. The second-order valence-corrected chi connectivity index (χ2v) is 5.14. The molecule has 4 nitrogen and oxygen atoms in total. The second-order valence-electron chi connectivity index (χ2n) is 5.14. The van der Waals surface area contributed by atoms with Crippen molar-refractivity contribution in [1.29, 1.82) is 0 Å². The van der Waals surface area contributed by atoms with Gasteiger partial charge in [-0.05, 0) is 31.5 Å². The molecule has 0 aliphatic carbocycles. The number of rotatable bonds is 4. The average Bonchev–Trinajstić information content (AvgIpc) is 2.45. The van der Waals surface area contributed by atoms with Crippen molar-refractivity contribution in [2.24, 2.45) is 0 Å². The predicted octanol–water partition coefficient (Wildman–Crippen LogP) is 2.06. The highest BCUT2D eigenvalue weighted by Gasteiger charge is 2.22. The van der Waals surface area contributed by atoms with Crippen molar-refractivity contribution >= 4 is 0 Å². The quantitative estimate of drug-likeness (QED) is 0.902. The van der Waals surface area contributed by atoms with Crippen LogP contribution in [-0.4, -0.2) is 44.8 Å². The third kappa shape index (κ3) is 3.19. The van der Waals surface area contributed by atoms with E-state index in [1.165, 1.54) is 5.56 Å². The Bertz CT molecular complexity index is 423. The van der Waals surface area contributed by atoms with Crippen LogP contribution >= 0.6 is 0 Å². The van der Waals surface area contributed by atoms with E-state index in [4.69, 9.17) is 9.47 Å². The third-order valence-electron chi connectivity index (χ3n) is 3.84. The standard InChI is InChI=1S/C15H24N2O2/c1-11-10-17(8-7-16-11)12(2)13-5-6-14(18-3)15(9-13)19-4/h5-6,9,11-12,16H,7-8,10H2,1-4H3. The molecule has 0 aromatic heterocycles. The Morgan fingerprint density at radius 1 is 1.26 bits per heavy atom. The normalized spacial score (nSPS) is 22.0. The zero-order valence-electron chi connectivity index (χ0n) is 12.3. The summed E-state index contributed by atoms with van der Waals surface area (Å²) in [6.07, 6.45) is 0. The molecule has 1 aliphatic heterocycles. The van der Waals surface area contributed by atoms with Gasteiger partial charge in [-0.3, -0.25) is 4.90 Å². The van der Waals surface area contributed by atoms with Crippen LogP contribution in [-0.2, 0) is 0 Å². The number of hydrogen-bond acceptors (Lipinski definition) is 4. The fourth-order valence-corrected chi connectivity index (χ4v) is 2.64. The Labute approximate surface area is 115 Å². The van der Waals surface area contributed by atoms with Gasteiger partial charge in [0.15, 0.2) is 11.5 Å². The van der Waals surface area contributed by atoms with Crippen molar-refractivity contribution in [1.82, 2.24) is 10.2 Å². The van der Waals surface area contributed by atoms with Crippen LogP contribution in [0.4, 0.5) is 0 Å². The Kier molecular flexibility index (Phi) is 4.66. The second kappa shape index (κ2) is 6.26. The van der Waals surface area contributed by atoms with Crippen LogP contribution < -0.4 is 14.8 Å². The van der Waals surface area contributed by atoms with Gasteiger partial charge in [0.1, 0.15) is 0 Å². The summed E-state index contributed by atoms with van der Waals surface area (Å²) < 4.78 is 10.7. The number of ether oxygens (including phenoxy) is 2. The van der Waals surface area contributed by atoms with Crippen molar-refractivity contribution in [3.05, 3.63) is 23.8 Å². The van der Waals surface area contributed by atoms with Crippen molar-refractivity contribution in [3.8, 4) is 11.5 Å². The lowest BCUT2D eigenvalue weighted by Gasteiger charge is -2.36. The topological polar surface area (TPSA) is 33.7 Å². The Morgan fingerprint density at radius 2 is 2.00 bits per heavy atom. The smallest absolute Gasteiger partial charge is 0.161 e. The molecule has 1 fully saturated rings. The van der Waals surface area contributed by atoms with E-state index in [2.05, 4.69) is 36.2 Å². The van der Waals surface area contributed by atoms with Gasteiger partial charge >= 0.3 is 0 Å². The fraction of sp³-hybridized carbons (Fsp3) is 0.600. The minimum atomic E-state index is 0.393. The highest BCUT2D eigenvalue weighted by atomic mass is 16.5. The van der Waals surface area contributed by atoms with Gasteiger partial charge in [-0.2, -0.15) is 0 Å². The Morgan fingerprint density at radius 3 is 2.63 bits per heavy atom. The summed E-state index contributed by atoms with van der Waals surface area (Å²) in [6.45, 7) is 7.70. The van der Waals surface area contributed by atoms with E-state index >= 15 is 0 Å². The maximum absolute atomic E-state index is 5.38. The molecule has 2 unspecified atom stereocenters. The first-order chi connectivity index (χ1) is 9.15. The average molecular weight is 264 g/mol. The van der Waals surface area contributed by atoms with E-state index in [0.29, 0.717) is 12.1 Å². The Hall–Kier alpha value is -1.26. The molecule has 4 heteroatoms. The van der Waals surface area contributed by atoms with Crippen LogP contribution in [0.5, 0.6) is 11.5 Å². The first-order valence-corrected chi connectivity index (χ1v) is 6.85. The largest absolute Gasteiger partial charge is 0.493 e. The van der Waals surface area contributed by atoms with Crippen LogP contribution in [0.25, 0.3) is 0 Å². The SMILES string of the molecule is COc1ccc(C(C)N2CCNC(C)C2)cc1OC. The van der Waals surface area contributed by atoms with Crippen molar-refractivity contribution in [3.63, 3.8) is 0 Å². The van der Waals surface area contributed by atoms with Crippen LogP contribution in [0.3, 0.4) is 0 Å². The molecule has 0 amide bonds.